The summed E-state index contributed by atoms with van der Waals surface area (Å²) in [5.74, 6) is -1.16. The quantitative estimate of drug-likeness (QED) is 0.722. The number of carbonyl (C=O) groups is 3. The van der Waals surface area contributed by atoms with E-state index >= 15 is 0 Å². The molecule has 3 rings (SSSR count). The number of halogens is 1. The molecule has 3 N–H and O–H groups in total. The summed E-state index contributed by atoms with van der Waals surface area (Å²) in [5, 5.41) is 22.8. The third-order valence-electron chi connectivity index (χ3n) is 4.98. The number of nitrogens with zero attached hydrogens (tertiary/aromatic N) is 3. The molecule has 2 aliphatic rings. The van der Waals surface area contributed by atoms with Gasteiger partial charge in [-0.1, -0.05) is 0 Å². The number of hydrogen-bond donors (Lipinski definition) is 3. The zero-order valence-corrected chi connectivity index (χ0v) is 15.1. The van der Waals surface area contributed by atoms with E-state index in [1.54, 1.807) is 0 Å². The van der Waals surface area contributed by atoms with Crippen LogP contribution in [-0.4, -0.2) is 65.7 Å². The molecule has 28 heavy (non-hydrogen) atoms. The molecule has 0 atom stereocenters. The van der Waals surface area contributed by atoms with Crippen LogP contribution >= 0.6 is 0 Å². The van der Waals surface area contributed by atoms with Gasteiger partial charge in [-0.15, -0.1) is 0 Å². The predicted octanol–water partition coefficient (Wildman–Crippen LogP) is 1.69. The van der Waals surface area contributed by atoms with Gasteiger partial charge < -0.3 is 25.5 Å². The lowest BCUT2D eigenvalue weighted by Gasteiger charge is -2.33. The smallest absolute Gasteiger partial charge is 0.407 e. The van der Waals surface area contributed by atoms with Crippen molar-refractivity contribution in [2.24, 2.45) is 5.41 Å². The maximum atomic E-state index is 14.3. The number of carbonyl (C=O) groups excluding carboxylic acids is 2. The first kappa shape index (κ1) is 19.4. The van der Waals surface area contributed by atoms with Gasteiger partial charge in [-0.25, -0.2) is 14.0 Å². The van der Waals surface area contributed by atoms with E-state index in [2.05, 4.69) is 16.7 Å². The van der Waals surface area contributed by atoms with Crippen LogP contribution in [0, 0.1) is 22.6 Å². The highest BCUT2D eigenvalue weighted by atomic mass is 19.1. The number of anilines is 1. The van der Waals surface area contributed by atoms with Crippen molar-refractivity contribution >= 4 is 23.7 Å². The zero-order chi connectivity index (χ0) is 20.3. The van der Waals surface area contributed by atoms with Crippen LogP contribution in [0.4, 0.5) is 19.7 Å². The number of carboxylic acid groups (broad SMARTS) is 1. The molecule has 0 spiro atoms. The van der Waals surface area contributed by atoms with Crippen LogP contribution in [0.15, 0.2) is 18.2 Å². The average molecular weight is 389 g/mol. The number of hydrogen-bond acceptors (Lipinski definition) is 4. The molecule has 1 aromatic carbocycles. The fourth-order valence-electron chi connectivity index (χ4n) is 2.93. The summed E-state index contributed by atoms with van der Waals surface area (Å²) in [7, 11) is 0. The molecule has 1 heterocycles. The lowest BCUT2D eigenvalue weighted by molar-refractivity contribution is 0.0624. The van der Waals surface area contributed by atoms with Crippen LogP contribution in [0.2, 0.25) is 0 Å². The summed E-state index contributed by atoms with van der Waals surface area (Å²) in [5.41, 5.74) is -0.461. The summed E-state index contributed by atoms with van der Waals surface area (Å²) in [6.07, 6.45) is 0.431. The van der Waals surface area contributed by atoms with E-state index in [9.17, 15) is 18.8 Å². The topological polar surface area (TPSA) is 126 Å². The number of nitriles is 1. The van der Waals surface area contributed by atoms with Crippen molar-refractivity contribution in [1.82, 2.24) is 15.1 Å². The van der Waals surface area contributed by atoms with Gasteiger partial charge in [0, 0.05) is 38.3 Å². The Morgan fingerprint density at radius 2 is 1.82 bits per heavy atom. The van der Waals surface area contributed by atoms with Crippen LogP contribution < -0.4 is 10.6 Å². The molecule has 2 fully saturated rings. The molecule has 0 unspecified atom stereocenters. The Kier molecular flexibility index (Phi) is 5.35. The van der Waals surface area contributed by atoms with Gasteiger partial charge in [0.1, 0.15) is 5.82 Å². The van der Waals surface area contributed by atoms with Gasteiger partial charge in [-0.05, 0) is 31.0 Å². The Balaban J connectivity index is 1.56. The predicted molar refractivity (Wildman–Crippen MR) is 96.2 cm³/mol. The van der Waals surface area contributed by atoms with Crippen molar-refractivity contribution in [2.75, 3.05) is 38.0 Å². The lowest BCUT2D eigenvalue weighted by Crippen LogP contribution is -2.50. The Bertz CT molecular complexity index is 841. The summed E-state index contributed by atoms with van der Waals surface area (Å²) in [6.45, 7) is 1.07. The van der Waals surface area contributed by atoms with Crippen molar-refractivity contribution < 1.29 is 23.9 Å². The normalized spacial score (nSPS) is 17.4. The molecule has 1 saturated heterocycles. The van der Waals surface area contributed by atoms with E-state index in [0.29, 0.717) is 0 Å². The number of benzene rings is 1. The molecule has 10 heteroatoms. The van der Waals surface area contributed by atoms with Gasteiger partial charge in [0.05, 0.1) is 17.2 Å². The van der Waals surface area contributed by atoms with E-state index in [1.165, 1.54) is 21.9 Å². The number of rotatable bonds is 4. The standard InChI is InChI=1S/C18H20FN5O4/c19-13-9-12(15(25)23-5-7-24(8-6-23)17(27)28)1-2-14(13)22-16(26)21-11-18(10-20)3-4-18/h1-2,9H,3-8,11H2,(H,27,28)(H2,21,22,26). The highest BCUT2D eigenvalue weighted by Gasteiger charge is 2.43. The third kappa shape index (κ3) is 4.31. The van der Waals surface area contributed by atoms with Crippen molar-refractivity contribution in [3.8, 4) is 6.07 Å². The Hall–Kier alpha value is -3.35. The highest BCUT2D eigenvalue weighted by Crippen LogP contribution is 2.44. The van der Waals surface area contributed by atoms with E-state index < -0.39 is 29.3 Å². The Morgan fingerprint density at radius 1 is 1.18 bits per heavy atom. The van der Waals surface area contributed by atoms with E-state index in [4.69, 9.17) is 10.4 Å². The van der Waals surface area contributed by atoms with Gasteiger partial charge in [0.25, 0.3) is 5.91 Å². The van der Waals surface area contributed by atoms with Gasteiger partial charge in [0.2, 0.25) is 0 Å². The van der Waals surface area contributed by atoms with E-state index in [1.807, 2.05) is 0 Å². The van der Waals surface area contributed by atoms with Crippen LogP contribution in [0.3, 0.4) is 0 Å². The minimum absolute atomic E-state index is 0.0773. The molecule has 0 aromatic heterocycles. The molecule has 9 nitrogen and oxygen atoms in total. The molecule has 0 bridgehead atoms. The Morgan fingerprint density at radius 3 is 2.36 bits per heavy atom. The molecular weight excluding hydrogens is 369 g/mol. The summed E-state index contributed by atoms with van der Waals surface area (Å²) in [4.78, 5) is 37.9. The number of nitrogens with one attached hydrogen (secondary N) is 2. The van der Waals surface area contributed by atoms with Crippen molar-refractivity contribution in [1.29, 1.82) is 5.26 Å². The fourth-order valence-corrected chi connectivity index (χ4v) is 2.93. The third-order valence-corrected chi connectivity index (χ3v) is 4.98. The second kappa shape index (κ2) is 7.72. The molecule has 1 aliphatic carbocycles. The van der Waals surface area contributed by atoms with Crippen LogP contribution in [0.25, 0.3) is 0 Å². The van der Waals surface area contributed by atoms with Crippen LogP contribution in [0.1, 0.15) is 23.2 Å². The number of piperazine rings is 1. The maximum Gasteiger partial charge on any atom is 0.407 e. The molecule has 1 aliphatic heterocycles. The first-order valence-electron chi connectivity index (χ1n) is 8.86. The van der Waals surface area contributed by atoms with Gasteiger partial charge >= 0.3 is 12.1 Å². The van der Waals surface area contributed by atoms with Crippen molar-refractivity contribution in [3.63, 3.8) is 0 Å². The van der Waals surface area contributed by atoms with Crippen LogP contribution in [0.5, 0.6) is 0 Å². The van der Waals surface area contributed by atoms with Crippen molar-refractivity contribution in [2.45, 2.75) is 12.8 Å². The van der Waals surface area contributed by atoms with Crippen molar-refractivity contribution in [3.05, 3.63) is 29.6 Å². The summed E-state index contributed by atoms with van der Waals surface area (Å²) < 4.78 is 14.3. The molecule has 0 radical (unpaired) electrons. The van der Waals surface area contributed by atoms with Gasteiger partial charge in [-0.2, -0.15) is 5.26 Å². The first-order chi connectivity index (χ1) is 13.3. The largest absolute Gasteiger partial charge is 0.465 e. The highest BCUT2D eigenvalue weighted by molar-refractivity contribution is 5.96. The first-order valence-corrected chi connectivity index (χ1v) is 8.86. The van der Waals surface area contributed by atoms with E-state index in [-0.39, 0.29) is 44.0 Å². The lowest BCUT2D eigenvalue weighted by atomic mass is 10.1. The molecule has 1 aromatic rings. The number of urea groups is 1. The fraction of sp³-hybridized carbons (Fsp3) is 0.444. The van der Waals surface area contributed by atoms with Gasteiger partial charge in [0.15, 0.2) is 0 Å². The SMILES string of the molecule is N#CC1(CNC(=O)Nc2ccc(C(=O)N3CCN(C(=O)O)CC3)cc2F)CC1. The van der Waals surface area contributed by atoms with Crippen LogP contribution in [-0.2, 0) is 0 Å². The summed E-state index contributed by atoms with van der Waals surface area (Å²) >= 11 is 0. The summed E-state index contributed by atoms with van der Waals surface area (Å²) in [6, 6.07) is 5.27. The minimum atomic E-state index is -1.03. The second-order valence-corrected chi connectivity index (χ2v) is 6.96. The molecule has 148 valence electrons. The molecule has 4 amide bonds. The average Bonchev–Trinajstić information content (AvgIpc) is 3.48. The molecule has 1 saturated carbocycles. The zero-order valence-electron chi connectivity index (χ0n) is 15.1. The maximum absolute atomic E-state index is 14.3. The van der Waals surface area contributed by atoms with Gasteiger partial charge in [-0.3, -0.25) is 4.79 Å². The number of amides is 4. The monoisotopic (exact) mass is 389 g/mol. The Labute approximate surface area is 160 Å². The minimum Gasteiger partial charge on any atom is -0.465 e. The van der Waals surface area contributed by atoms with E-state index in [0.717, 1.165) is 18.9 Å². The molecular formula is C18H20FN5O4. The second-order valence-electron chi connectivity index (χ2n) is 6.96.